The number of amides is 1. The molecule has 1 aliphatic rings. The fourth-order valence-electron chi connectivity index (χ4n) is 2.44. The molecule has 1 heterocycles. The summed E-state index contributed by atoms with van der Waals surface area (Å²) in [6, 6.07) is 3.53. The van der Waals surface area contributed by atoms with Crippen molar-refractivity contribution in [2.75, 3.05) is 26.7 Å². The molecule has 7 heteroatoms. The number of phenols is 1. The molecule has 1 aromatic rings. The van der Waals surface area contributed by atoms with E-state index in [4.69, 9.17) is 0 Å². The Morgan fingerprint density at radius 3 is 2.62 bits per heavy atom. The largest absolute Gasteiger partial charge is 0.508 e. The summed E-state index contributed by atoms with van der Waals surface area (Å²) in [5, 5.41) is 20.6. The lowest BCUT2D eigenvalue weighted by Gasteiger charge is -2.45. The van der Waals surface area contributed by atoms with Crippen molar-refractivity contribution in [3.63, 3.8) is 0 Å². The Morgan fingerprint density at radius 1 is 1.38 bits per heavy atom. The average Bonchev–Trinajstić information content (AvgIpc) is 2.40. The summed E-state index contributed by atoms with van der Waals surface area (Å²) in [5.41, 5.74) is -0.547. The van der Waals surface area contributed by atoms with Crippen LogP contribution < -0.4 is 0 Å². The van der Waals surface area contributed by atoms with Gasteiger partial charge in [0.25, 0.3) is 11.6 Å². The van der Waals surface area contributed by atoms with E-state index in [1.165, 1.54) is 6.07 Å². The van der Waals surface area contributed by atoms with Crippen LogP contribution in [-0.2, 0) is 0 Å². The Bertz CT molecular complexity index is 586. The van der Waals surface area contributed by atoms with Gasteiger partial charge in [-0.3, -0.25) is 19.8 Å². The molecule has 0 saturated carbocycles. The van der Waals surface area contributed by atoms with Crippen molar-refractivity contribution in [1.29, 1.82) is 0 Å². The first-order chi connectivity index (χ1) is 9.72. The van der Waals surface area contributed by atoms with E-state index in [9.17, 15) is 20.0 Å². The number of carbonyl (C=O) groups is 1. The maximum atomic E-state index is 12.6. The van der Waals surface area contributed by atoms with Gasteiger partial charge in [0.1, 0.15) is 11.3 Å². The van der Waals surface area contributed by atoms with Crippen molar-refractivity contribution in [1.82, 2.24) is 9.80 Å². The molecule has 0 spiro atoms. The van der Waals surface area contributed by atoms with Gasteiger partial charge in [-0.15, -0.1) is 0 Å². The third-order valence-electron chi connectivity index (χ3n) is 4.01. The Kier molecular flexibility index (Phi) is 3.87. The molecule has 1 aromatic carbocycles. The van der Waals surface area contributed by atoms with Crippen LogP contribution in [0.5, 0.6) is 5.75 Å². The lowest BCUT2D eigenvalue weighted by atomic mass is 9.99. The van der Waals surface area contributed by atoms with Crippen LogP contribution in [0.4, 0.5) is 5.69 Å². The standard InChI is InChI=1S/C14H19N3O4/c1-14(2)9-16(7-6-15(14)3)13(19)11-8-10(18)4-5-12(11)17(20)21/h4-5,8,18H,6-7,9H2,1-3H3. The topological polar surface area (TPSA) is 86.9 Å². The normalized spacial score (nSPS) is 18.5. The van der Waals surface area contributed by atoms with Gasteiger partial charge in [-0.05, 0) is 33.0 Å². The maximum Gasteiger partial charge on any atom is 0.282 e. The summed E-state index contributed by atoms with van der Waals surface area (Å²) in [5.74, 6) is -0.573. The summed E-state index contributed by atoms with van der Waals surface area (Å²) in [4.78, 5) is 26.8. The van der Waals surface area contributed by atoms with Gasteiger partial charge in [-0.25, -0.2) is 0 Å². The molecule has 114 valence electrons. The van der Waals surface area contributed by atoms with E-state index in [1.54, 1.807) is 4.90 Å². The minimum Gasteiger partial charge on any atom is -0.508 e. The first-order valence-electron chi connectivity index (χ1n) is 6.70. The summed E-state index contributed by atoms with van der Waals surface area (Å²) < 4.78 is 0. The number of aromatic hydroxyl groups is 1. The first-order valence-corrected chi connectivity index (χ1v) is 6.70. The lowest BCUT2D eigenvalue weighted by Crippen LogP contribution is -2.58. The fraction of sp³-hybridized carbons (Fsp3) is 0.500. The van der Waals surface area contributed by atoms with Crippen LogP contribution in [0, 0.1) is 10.1 Å². The second kappa shape index (κ2) is 5.33. The van der Waals surface area contributed by atoms with E-state index in [-0.39, 0.29) is 22.5 Å². The Labute approximate surface area is 122 Å². The molecule has 0 unspecified atom stereocenters. The zero-order valence-electron chi connectivity index (χ0n) is 12.4. The van der Waals surface area contributed by atoms with Crippen molar-refractivity contribution >= 4 is 11.6 Å². The van der Waals surface area contributed by atoms with Crippen molar-refractivity contribution in [3.8, 4) is 5.75 Å². The second-order valence-corrected chi connectivity index (χ2v) is 5.92. The first kappa shape index (κ1) is 15.2. The SMILES string of the molecule is CN1CCN(C(=O)c2cc(O)ccc2[N+](=O)[O-])CC1(C)C. The van der Waals surface area contributed by atoms with Crippen molar-refractivity contribution < 1.29 is 14.8 Å². The van der Waals surface area contributed by atoms with Crippen LogP contribution in [0.1, 0.15) is 24.2 Å². The van der Waals surface area contributed by atoms with Crippen LogP contribution in [0.25, 0.3) is 0 Å². The number of nitro groups is 1. The number of likely N-dealkylation sites (N-methyl/N-ethyl adjacent to an activating group) is 1. The molecule has 1 amide bonds. The molecule has 7 nitrogen and oxygen atoms in total. The highest BCUT2D eigenvalue weighted by Gasteiger charge is 2.35. The number of hydrogen-bond donors (Lipinski definition) is 1. The molecule has 0 aromatic heterocycles. The number of benzene rings is 1. The van der Waals surface area contributed by atoms with Crippen molar-refractivity contribution in [2.24, 2.45) is 0 Å². The Morgan fingerprint density at radius 2 is 2.05 bits per heavy atom. The molecule has 0 atom stereocenters. The predicted molar refractivity (Wildman–Crippen MR) is 77.4 cm³/mol. The van der Waals surface area contributed by atoms with E-state index in [2.05, 4.69) is 4.90 Å². The molecular weight excluding hydrogens is 274 g/mol. The maximum absolute atomic E-state index is 12.6. The Hall–Kier alpha value is -2.15. The number of nitrogens with zero attached hydrogens (tertiary/aromatic N) is 3. The Balaban J connectivity index is 2.32. The van der Waals surface area contributed by atoms with Crippen LogP contribution in [-0.4, -0.2) is 58.0 Å². The molecule has 0 bridgehead atoms. The molecular formula is C14H19N3O4. The van der Waals surface area contributed by atoms with Gasteiger partial charge in [-0.1, -0.05) is 0 Å². The number of hydrogen-bond acceptors (Lipinski definition) is 5. The number of phenolic OH excluding ortho intramolecular Hbond substituents is 1. The average molecular weight is 293 g/mol. The van der Waals surface area contributed by atoms with Gasteiger partial charge in [-0.2, -0.15) is 0 Å². The lowest BCUT2D eigenvalue weighted by molar-refractivity contribution is -0.385. The minimum absolute atomic E-state index is 0.0691. The van der Waals surface area contributed by atoms with E-state index in [0.29, 0.717) is 19.6 Å². The van der Waals surface area contributed by atoms with Gasteiger partial charge < -0.3 is 10.0 Å². The van der Waals surface area contributed by atoms with E-state index in [1.807, 2.05) is 20.9 Å². The van der Waals surface area contributed by atoms with Gasteiger partial charge in [0, 0.05) is 31.2 Å². The van der Waals surface area contributed by atoms with Crippen LogP contribution in [0.3, 0.4) is 0 Å². The second-order valence-electron chi connectivity index (χ2n) is 5.92. The molecule has 1 aliphatic heterocycles. The minimum atomic E-state index is -0.603. The predicted octanol–water partition coefficient (Wildman–Crippen LogP) is 1.47. The van der Waals surface area contributed by atoms with Gasteiger partial charge >= 0.3 is 0 Å². The number of piperazine rings is 1. The zero-order chi connectivity index (χ0) is 15.8. The number of carbonyl (C=O) groups excluding carboxylic acids is 1. The molecule has 0 radical (unpaired) electrons. The molecule has 2 rings (SSSR count). The zero-order valence-corrected chi connectivity index (χ0v) is 12.4. The summed E-state index contributed by atoms with van der Waals surface area (Å²) in [6.07, 6.45) is 0. The quantitative estimate of drug-likeness (QED) is 0.659. The smallest absolute Gasteiger partial charge is 0.282 e. The summed E-state index contributed by atoms with van der Waals surface area (Å²) in [6.45, 7) is 5.72. The molecule has 21 heavy (non-hydrogen) atoms. The summed E-state index contributed by atoms with van der Waals surface area (Å²) in [7, 11) is 1.98. The van der Waals surface area contributed by atoms with Gasteiger partial charge in [0.05, 0.1) is 4.92 Å². The molecule has 1 N–H and O–H groups in total. The van der Waals surface area contributed by atoms with Gasteiger partial charge in [0.15, 0.2) is 0 Å². The number of nitro benzene ring substituents is 1. The highest BCUT2D eigenvalue weighted by atomic mass is 16.6. The summed E-state index contributed by atoms with van der Waals surface area (Å²) >= 11 is 0. The van der Waals surface area contributed by atoms with Crippen molar-refractivity contribution in [2.45, 2.75) is 19.4 Å². The van der Waals surface area contributed by atoms with E-state index in [0.717, 1.165) is 12.1 Å². The molecule has 1 saturated heterocycles. The molecule has 0 aliphatic carbocycles. The number of rotatable bonds is 2. The third-order valence-corrected chi connectivity index (χ3v) is 4.01. The third kappa shape index (κ3) is 2.97. The monoisotopic (exact) mass is 293 g/mol. The van der Waals surface area contributed by atoms with Crippen LogP contribution >= 0.6 is 0 Å². The van der Waals surface area contributed by atoms with Crippen LogP contribution in [0.2, 0.25) is 0 Å². The van der Waals surface area contributed by atoms with E-state index >= 15 is 0 Å². The van der Waals surface area contributed by atoms with E-state index < -0.39 is 10.8 Å². The molecule has 1 fully saturated rings. The highest BCUT2D eigenvalue weighted by Crippen LogP contribution is 2.27. The fourth-order valence-corrected chi connectivity index (χ4v) is 2.44. The highest BCUT2D eigenvalue weighted by molar-refractivity contribution is 5.98. The van der Waals surface area contributed by atoms with Crippen molar-refractivity contribution in [3.05, 3.63) is 33.9 Å². The van der Waals surface area contributed by atoms with Gasteiger partial charge in [0.2, 0.25) is 0 Å². The van der Waals surface area contributed by atoms with Crippen LogP contribution in [0.15, 0.2) is 18.2 Å².